The molecule has 2 aromatic carbocycles. The topological polar surface area (TPSA) is 124 Å². The fourth-order valence-corrected chi connectivity index (χ4v) is 2.53. The van der Waals surface area contributed by atoms with Crippen molar-refractivity contribution in [3.05, 3.63) is 60.2 Å². The number of nitrogens with zero attached hydrogens (tertiary/aromatic N) is 3. The summed E-state index contributed by atoms with van der Waals surface area (Å²) in [4.78, 5) is 41.1. The summed E-state index contributed by atoms with van der Waals surface area (Å²) in [6, 6.07) is 10.4. The number of para-hydroxylation sites is 2. The van der Waals surface area contributed by atoms with Gasteiger partial charge in [0.15, 0.2) is 0 Å². The number of aromatic nitrogens is 4. The molecule has 0 fully saturated rings. The molecule has 0 aliphatic carbocycles. The molecule has 4 aromatic rings. The van der Waals surface area contributed by atoms with E-state index in [1.54, 1.807) is 37.6 Å². The minimum Gasteiger partial charge on any atom is -0.478 e. The van der Waals surface area contributed by atoms with Gasteiger partial charge in [0.25, 0.3) is 5.91 Å². The lowest BCUT2D eigenvalue weighted by Crippen LogP contribution is -2.25. The fraction of sp³-hybridized carbons (Fsp3) is 0.111. The predicted molar refractivity (Wildman–Crippen MR) is 98.2 cm³/mol. The number of carbonyl (C=O) groups excluding carboxylic acids is 1. The molecule has 1 amide bonds. The molecule has 2 heterocycles. The molecule has 0 aliphatic rings. The number of amides is 1. The molecule has 0 aliphatic heterocycles. The van der Waals surface area contributed by atoms with Crippen LogP contribution in [0.4, 0.5) is 0 Å². The van der Waals surface area contributed by atoms with E-state index in [1.807, 2.05) is 6.07 Å². The highest BCUT2D eigenvalue weighted by Crippen LogP contribution is 2.16. The van der Waals surface area contributed by atoms with Gasteiger partial charge in [-0.2, -0.15) is 0 Å². The summed E-state index contributed by atoms with van der Waals surface area (Å²) >= 11 is 0. The third kappa shape index (κ3) is 3.62. The van der Waals surface area contributed by atoms with Crippen molar-refractivity contribution in [1.29, 1.82) is 0 Å². The lowest BCUT2D eigenvalue weighted by molar-refractivity contribution is -0.0755. The van der Waals surface area contributed by atoms with Crippen LogP contribution in [0.15, 0.2) is 49.1 Å². The molecule has 4 rings (SSSR count). The van der Waals surface area contributed by atoms with Gasteiger partial charge in [0.1, 0.15) is 11.0 Å². The van der Waals surface area contributed by atoms with Crippen LogP contribution in [0.1, 0.15) is 20.7 Å². The van der Waals surface area contributed by atoms with Gasteiger partial charge >= 0.3 is 5.97 Å². The van der Waals surface area contributed by atoms with Crippen molar-refractivity contribution in [3.63, 3.8) is 0 Å². The normalized spacial score (nSPS) is 10.4. The Morgan fingerprint density at radius 2 is 1.48 bits per heavy atom. The number of carboxylic acids is 1. The van der Waals surface area contributed by atoms with Crippen LogP contribution in [0.25, 0.3) is 22.1 Å². The molecule has 0 atom stereocenters. The van der Waals surface area contributed by atoms with Crippen LogP contribution in [0.3, 0.4) is 0 Å². The molecule has 9 nitrogen and oxygen atoms in total. The van der Waals surface area contributed by atoms with Crippen LogP contribution in [-0.2, 0) is 4.84 Å². The molecule has 138 valence electrons. The van der Waals surface area contributed by atoms with E-state index in [9.17, 15) is 9.59 Å². The first-order valence-electron chi connectivity index (χ1n) is 7.92. The lowest BCUT2D eigenvalue weighted by Gasteiger charge is -2.13. The zero-order valence-electron chi connectivity index (χ0n) is 14.6. The first kappa shape index (κ1) is 18.1. The van der Waals surface area contributed by atoms with Crippen molar-refractivity contribution in [2.24, 2.45) is 0 Å². The van der Waals surface area contributed by atoms with Crippen LogP contribution < -0.4 is 0 Å². The van der Waals surface area contributed by atoms with Crippen LogP contribution in [0.2, 0.25) is 0 Å². The summed E-state index contributed by atoms with van der Waals surface area (Å²) in [5.74, 6) is -1.16. The van der Waals surface area contributed by atoms with Crippen molar-refractivity contribution in [2.75, 3.05) is 14.2 Å². The number of carbonyl (C=O) groups is 2. The van der Waals surface area contributed by atoms with E-state index in [4.69, 9.17) is 9.94 Å². The maximum atomic E-state index is 11.8. The summed E-state index contributed by atoms with van der Waals surface area (Å²) in [5, 5.41) is 9.92. The number of imidazole rings is 2. The van der Waals surface area contributed by atoms with E-state index in [0.717, 1.165) is 11.0 Å². The number of aromatic amines is 2. The summed E-state index contributed by atoms with van der Waals surface area (Å²) in [6.45, 7) is 0. The lowest BCUT2D eigenvalue weighted by atomic mass is 10.2. The summed E-state index contributed by atoms with van der Waals surface area (Å²) in [5.41, 5.74) is 3.50. The predicted octanol–water partition coefficient (Wildman–Crippen LogP) is 2.46. The number of nitrogens with one attached hydrogen (secondary N) is 2. The molecule has 0 bridgehead atoms. The van der Waals surface area contributed by atoms with Gasteiger partial charge in [0.05, 0.1) is 41.9 Å². The Morgan fingerprint density at radius 3 is 2.00 bits per heavy atom. The first-order chi connectivity index (χ1) is 13.0. The quantitative estimate of drug-likeness (QED) is 0.478. The average Bonchev–Trinajstić information content (AvgIpc) is 3.35. The van der Waals surface area contributed by atoms with Crippen LogP contribution >= 0.6 is 0 Å². The standard InChI is InChI=1S/C10H11N3O2.C8H6N2O2/c1-13(15-2)10(14)7-4-3-5-8-9(7)12-6-11-8;11-8(12)5-2-1-3-6-7(5)10-4-9-6/h3-6H,1-2H3,(H,11,12);1-4H,(H,9,10)(H,11,12). The second-order valence-electron chi connectivity index (χ2n) is 5.50. The van der Waals surface area contributed by atoms with Gasteiger partial charge in [-0.1, -0.05) is 12.1 Å². The maximum absolute atomic E-state index is 11.8. The molecule has 0 radical (unpaired) electrons. The number of hydrogen-bond donors (Lipinski definition) is 3. The van der Waals surface area contributed by atoms with E-state index in [1.165, 1.54) is 24.6 Å². The largest absolute Gasteiger partial charge is 0.478 e. The Kier molecular flexibility index (Phi) is 5.13. The molecular formula is C18H17N5O4. The summed E-state index contributed by atoms with van der Waals surface area (Å²) in [6.07, 6.45) is 3.05. The number of carboxylic acid groups (broad SMARTS) is 1. The zero-order valence-corrected chi connectivity index (χ0v) is 14.6. The van der Waals surface area contributed by atoms with Crippen LogP contribution in [0.5, 0.6) is 0 Å². The molecule has 0 saturated carbocycles. The highest BCUT2D eigenvalue weighted by Gasteiger charge is 2.15. The first-order valence-corrected chi connectivity index (χ1v) is 7.92. The maximum Gasteiger partial charge on any atom is 0.337 e. The second-order valence-corrected chi connectivity index (χ2v) is 5.50. The molecule has 0 saturated heterocycles. The van der Waals surface area contributed by atoms with E-state index in [0.29, 0.717) is 16.6 Å². The van der Waals surface area contributed by atoms with Crippen molar-refractivity contribution < 1.29 is 19.5 Å². The number of hydroxylamine groups is 2. The van der Waals surface area contributed by atoms with Crippen LogP contribution in [-0.4, -0.2) is 56.1 Å². The average molecular weight is 367 g/mol. The molecule has 3 N–H and O–H groups in total. The molecular weight excluding hydrogens is 350 g/mol. The Bertz CT molecular complexity index is 1100. The van der Waals surface area contributed by atoms with E-state index in [2.05, 4.69) is 19.9 Å². The Hall–Kier alpha value is -3.72. The number of benzene rings is 2. The number of aromatic carboxylic acids is 1. The fourth-order valence-electron chi connectivity index (χ4n) is 2.53. The number of H-pyrrole nitrogens is 2. The molecule has 27 heavy (non-hydrogen) atoms. The van der Waals surface area contributed by atoms with E-state index >= 15 is 0 Å². The Labute approximate surface area is 153 Å². The molecule has 2 aromatic heterocycles. The monoisotopic (exact) mass is 367 g/mol. The van der Waals surface area contributed by atoms with Gasteiger partial charge < -0.3 is 15.1 Å². The minimum atomic E-state index is -0.951. The summed E-state index contributed by atoms with van der Waals surface area (Å²) in [7, 11) is 3.01. The molecule has 9 heteroatoms. The zero-order chi connectivity index (χ0) is 19.4. The smallest absolute Gasteiger partial charge is 0.337 e. The SMILES string of the molecule is CON(C)C(=O)c1cccc2[nH]cnc12.O=C(O)c1cccc2[nH]cnc12. The third-order valence-corrected chi connectivity index (χ3v) is 3.92. The number of hydrogen-bond acceptors (Lipinski definition) is 5. The van der Waals surface area contributed by atoms with Crippen LogP contribution in [0, 0.1) is 0 Å². The molecule has 0 spiro atoms. The van der Waals surface area contributed by atoms with Gasteiger partial charge in [0, 0.05) is 7.05 Å². The van der Waals surface area contributed by atoms with E-state index < -0.39 is 5.97 Å². The third-order valence-electron chi connectivity index (χ3n) is 3.92. The van der Waals surface area contributed by atoms with E-state index in [-0.39, 0.29) is 11.5 Å². The van der Waals surface area contributed by atoms with Crippen molar-refractivity contribution in [3.8, 4) is 0 Å². The minimum absolute atomic E-state index is 0.213. The van der Waals surface area contributed by atoms with Crippen molar-refractivity contribution >= 4 is 33.9 Å². The number of rotatable bonds is 3. The summed E-state index contributed by atoms with van der Waals surface area (Å²) < 4.78 is 0. The highest BCUT2D eigenvalue weighted by molar-refractivity contribution is 6.04. The number of fused-ring (bicyclic) bond motifs is 2. The second kappa shape index (κ2) is 7.67. The Morgan fingerprint density at radius 1 is 0.963 bits per heavy atom. The van der Waals surface area contributed by atoms with Crippen molar-refractivity contribution in [2.45, 2.75) is 0 Å². The van der Waals surface area contributed by atoms with Crippen molar-refractivity contribution in [1.82, 2.24) is 25.0 Å². The van der Waals surface area contributed by atoms with Gasteiger partial charge in [0.2, 0.25) is 0 Å². The van der Waals surface area contributed by atoms with Gasteiger partial charge in [-0.05, 0) is 24.3 Å². The Balaban J connectivity index is 0.000000159. The van der Waals surface area contributed by atoms with Gasteiger partial charge in [-0.3, -0.25) is 9.63 Å². The van der Waals surface area contributed by atoms with Gasteiger partial charge in [-0.25, -0.2) is 19.8 Å². The van der Waals surface area contributed by atoms with Gasteiger partial charge in [-0.15, -0.1) is 0 Å². The highest BCUT2D eigenvalue weighted by atomic mass is 16.7. The molecule has 0 unspecified atom stereocenters.